The van der Waals surface area contributed by atoms with E-state index in [9.17, 15) is 0 Å². The van der Waals surface area contributed by atoms with Gasteiger partial charge in [-0.05, 0) is 25.5 Å². The molecule has 0 bridgehead atoms. The van der Waals surface area contributed by atoms with Crippen molar-refractivity contribution in [1.29, 1.82) is 0 Å². The molecule has 0 fully saturated rings. The van der Waals surface area contributed by atoms with E-state index < -0.39 is 0 Å². The molecule has 0 aliphatic heterocycles. The number of para-hydroxylation sites is 1. The number of nitrogens with zero attached hydrogens (tertiary/aromatic N) is 3. The van der Waals surface area contributed by atoms with Crippen molar-refractivity contribution < 1.29 is 0 Å². The van der Waals surface area contributed by atoms with Crippen LogP contribution in [0.4, 0.5) is 5.13 Å². The van der Waals surface area contributed by atoms with Gasteiger partial charge in [0.25, 0.3) is 0 Å². The molecular formula is C14H14N4S. The summed E-state index contributed by atoms with van der Waals surface area (Å²) >= 11 is 1.45. The Balaban J connectivity index is 2.12. The van der Waals surface area contributed by atoms with Crippen LogP contribution in [0.5, 0.6) is 0 Å². The second-order valence-electron chi connectivity index (χ2n) is 4.41. The van der Waals surface area contributed by atoms with E-state index in [4.69, 9.17) is 5.73 Å². The second-order valence-corrected chi connectivity index (χ2v) is 5.30. The third kappa shape index (κ3) is 2.02. The Morgan fingerprint density at radius 3 is 2.68 bits per heavy atom. The minimum atomic E-state index is 0.582. The Kier molecular flexibility index (Phi) is 2.83. The minimum absolute atomic E-state index is 0.582. The van der Waals surface area contributed by atoms with E-state index in [1.165, 1.54) is 16.9 Å². The van der Waals surface area contributed by atoms with Crippen LogP contribution >= 0.6 is 11.3 Å². The van der Waals surface area contributed by atoms with E-state index >= 15 is 0 Å². The van der Waals surface area contributed by atoms with E-state index in [2.05, 4.69) is 29.1 Å². The fourth-order valence-electron chi connectivity index (χ4n) is 2.12. The van der Waals surface area contributed by atoms with E-state index in [0.29, 0.717) is 5.13 Å². The molecule has 0 saturated heterocycles. The number of aromatic nitrogens is 3. The molecule has 0 spiro atoms. The number of aryl methyl sites for hydroxylation is 1. The fourth-order valence-corrected chi connectivity index (χ4v) is 2.68. The average Bonchev–Trinajstić information content (AvgIpc) is 2.97. The van der Waals surface area contributed by atoms with Gasteiger partial charge in [-0.2, -0.15) is 5.10 Å². The molecule has 0 amide bonds. The summed E-state index contributed by atoms with van der Waals surface area (Å²) in [6.07, 6.45) is 1.84. The van der Waals surface area contributed by atoms with E-state index in [-0.39, 0.29) is 0 Å². The average molecular weight is 270 g/mol. The van der Waals surface area contributed by atoms with Crippen LogP contribution in [0.15, 0.2) is 35.8 Å². The van der Waals surface area contributed by atoms with Crippen molar-refractivity contribution in [3.8, 4) is 16.9 Å². The summed E-state index contributed by atoms with van der Waals surface area (Å²) in [6, 6.07) is 8.19. The third-order valence-corrected chi connectivity index (χ3v) is 3.83. The monoisotopic (exact) mass is 270 g/mol. The maximum Gasteiger partial charge on any atom is 0.180 e. The Morgan fingerprint density at radius 2 is 2.00 bits per heavy atom. The number of nitrogens with two attached hydrogens (primary N) is 1. The van der Waals surface area contributed by atoms with Gasteiger partial charge in [-0.15, -0.1) is 11.3 Å². The van der Waals surface area contributed by atoms with Crippen LogP contribution in [0.2, 0.25) is 0 Å². The lowest BCUT2D eigenvalue weighted by atomic mass is 10.2. The van der Waals surface area contributed by atoms with Gasteiger partial charge < -0.3 is 5.73 Å². The molecule has 0 unspecified atom stereocenters. The van der Waals surface area contributed by atoms with Crippen molar-refractivity contribution >= 4 is 16.5 Å². The second kappa shape index (κ2) is 4.51. The van der Waals surface area contributed by atoms with Crippen LogP contribution in [-0.4, -0.2) is 14.8 Å². The molecule has 0 aliphatic rings. The molecule has 2 aromatic heterocycles. The maximum absolute atomic E-state index is 5.69. The number of anilines is 1. The maximum atomic E-state index is 5.69. The molecule has 0 radical (unpaired) electrons. The Bertz CT molecular complexity index is 727. The summed E-state index contributed by atoms with van der Waals surface area (Å²) in [5.74, 6) is 0. The van der Waals surface area contributed by atoms with E-state index in [1.54, 1.807) is 0 Å². The predicted octanol–water partition coefficient (Wildman–Crippen LogP) is 3.19. The van der Waals surface area contributed by atoms with Crippen molar-refractivity contribution in [3.63, 3.8) is 0 Å². The lowest BCUT2D eigenvalue weighted by Gasteiger charge is -2.07. The van der Waals surface area contributed by atoms with Gasteiger partial charge >= 0.3 is 0 Å². The van der Waals surface area contributed by atoms with Gasteiger partial charge in [-0.3, -0.25) is 0 Å². The molecular weight excluding hydrogens is 256 g/mol. The van der Waals surface area contributed by atoms with Crippen LogP contribution in [0.3, 0.4) is 0 Å². The Hall–Kier alpha value is -2.14. The predicted molar refractivity (Wildman–Crippen MR) is 78.6 cm³/mol. The quantitative estimate of drug-likeness (QED) is 0.778. The Labute approximate surface area is 115 Å². The highest BCUT2D eigenvalue weighted by Crippen LogP contribution is 2.27. The van der Waals surface area contributed by atoms with Gasteiger partial charge in [0.05, 0.1) is 23.3 Å². The summed E-state index contributed by atoms with van der Waals surface area (Å²) in [5.41, 5.74) is 11.0. The van der Waals surface area contributed by atoms with Gasteiger partial charge in [-0.25, -0.2) is 9.67 Å². The largest absolute Gasteiger partial charge is 0.375 e. The molecule has 1 aromatic carbocycles. The highest BCUT2D eigenvalue weighted by molar-refractivity contribution is 7.13. The van der Waals surface area contributed by atoms with Crippen molar-refractivity contribution in [1.82, 2.24) is 14.8 Å². The van der Waals surface area contributed by atoms with Crippen molar-refractivity contribution in [3.05, 3.63) is 47.1 Å². The van der Waals surface area contributed by atoms with Crippen molar-refractivity contribution in [2.24, 2.45) is 0 Å². The molecule has 96 valence electrons. The molecule has 0 saturated carbocycles. The molecule has 4 nitrogen and oxygen atoms in total. The lowest BCUT2D eigenvalue weighted by Crippen LogP contribution is -2.01. The zero-order valence-corrected chi connectivity index (χ0v) is 11.6. The number of rotatable bonds is 2. The summed E-state index contributed by atoms with van der Waals surface area (Å²) in [6.45, 7) is 4.13. The van der Waals surface area contributed by atoms with Crippen LogP contribution in [0.25, 0.3) is 16.9 Å². The zero-order chi connectivity index (χ0) is 13.4. The van der Waals surface area contributed by atoms with E-state index in [0.717, 1.165) is 22.6 Å². The van der Waals surface area contributed by atoms with Crippen LogP contribution in [0, 0.1) is 13.8 Å². The van der Waals surface area contributed by atoms with Gasteiger partial charge in [0.2, 0.25) is 0 Å². The number of hydrogen-bond acceptors (Lipinski definition) is 4. The molecule has 0 aliphatic carbocycles. The number of hydrogen-bond donors (Lipinski definition) is 1. The van der Waals surface area contributed by atoms with Crippen LogP contribution in [-0.2, 0) is 0 Å². The van der Waals surface area contributed by atoms with Crippen LogP contribution < -0.4 is 5.73 Å². The third-order valence-electron chi connectivity index (χ3n) is 3.15. The topological polar surface area (TPSA) is 56.7 Å². The standard InChI is InChI=1S/C14H14N4S/c1-9-5-3-4-6-13(9)18-10(2)11(7-16-18)12-8-19-14(15)17-12/h3-8H,1-2H3,(H2,15,17). The first-order valence-corrected chi connectivity index (χ1v) is 6.87. The number of nitrogen functional groups attached to an aromatic ring is 1. The fraction of sp³-hybridized carbons (Fsp3) is 0.143. The van der Waals surface area contributed by atoms with Gasteiger partial charge in [0.1, 0.15) is 0 Å². The first-order valence-electron chi connectivity index (χ1n) is 5.99. The molecule has 2 N–H and O–H groups in total. The van der Waals surface area contributed by atoms with Gasteiger partial charge in [0, 0.05) is 10.9 Å². The summed E-state index contributed by atoms with van der Waals surface area (Å²) in [7, 11) is 0. The minimum Gasteiger partial charge on any atom is -0.375 e. The smallest absolute Gasteiger partial charge is 0.180 e. The lowest BCUT2D eigenvalue weighted by molar-refractivity contribution is 0.840. The van der Waals surface area contributed by atoms with E-state index in [1.807, 2.05) is 35.3 Å². The molecule has 5 heteroatoms. The summed E-state index contributed by atoms with van der Waals surface area (Å²) in [4.78, 5) is 4.31. The number of thiazole rings is 1. The number of benzene rings is 1. The zero-order valence-electron chi connectivity index (χ0n) is 10.8. The van der Waals surface area contributed by atoms with Crippen molar-refractivity contribution in [2.45, 2.75) is 13.8 Å². The molecule has 3 aromatic rings. The molecule has 3 rings (SSSR count). The van der Waals surface area contributed by atoms with Crippen LogP contribution in [0.1, 0.15) is 11.3 Å². The highest BCUT2D eigenvalue weighted by Gasteiger charge is 2.13. The Morgan fingerprint density at radius 1 is 1.21 bits per heavy atom. The first-order chi connectivity index (χ1) is 9.16. The molecule has 0 atom stereocenters. The van der Waals surface area contributed by atoms with Gasteiger partial charge in [0.15, 0.2) is 5.13 Å². The summed E-state index contributed by atoms with van der Waals surface area (Å²) in [5, 5.41) is 7.01. The highest BCUT2D eigenvalue weighted by atomic mass is 32.1. The molecule has 19 heavy (non-hydrogen) atoms. The SMILES string of the molecule is Cc1ccccc1-n1ncc(-c2csc(N)n2)c1C. The van der Waals surface area contributed by atoms with Crippen molar-refractivity contribution in [2.75, 3.05) is 5.73 Å². The van der Waals surface area contributed by atoms with Gasteiger partial charge in [-0.1, -0.05) is 18.2 Å². The molecule has 2 heterocycles. The normalized spacial score (nSPS) is 10.8. The first kappa shape index (κ1) is 11.9. The summed E-state index contributed by atoms with van der Waals surface area (Å²) < 4.78 is 1.94.